The van der Waals surface area contributed by atoms with E-state index in [2.05, 4.69) is 9.97 Å². The van der Waals surface area contributed by atoms with Crippen molar-refractivity contribution in [2.24, 2.45) is 0 Å². The molecule has 8 bridgehead atoms. The molecule has 0 aliphatic carbocycles. The third-order valence-electron chi connectivity index (χ3n) is 22.7. The van der Waals surface area contributed by atoms with Gasteiger partial charge in [-0.15, -0.1) is 0 Å². The van der Waals surface area contributed by atoms with Crippen LogP contribution in [0.5, 0.6) is 23.0 Å². The highest BCUT2D eigenvalue weighted by Gasteiger charge is 2.58. The fourth-order valence-corrected chi connectivity index (χ4v) is 17.5. The van der Waals surface area contributed by atoms with Crippen molar-refractivity contribution in [2.45, 2.75) is 259 Å². The van der Waals surface area contributed by atoms with Crippen molar-refractivity contribution >= 4 is 118 Å². The number of benzene rings is 4. The summed E-state index contributed by atoms with van der Waals surface area (Å²) in [4.78, 5) is 223. The molecule has 44 heteroatoms. The highest BCUT2D eigenvalue weighted by atomic mass is 16.8. The number of carbonyl (C=O) groups excluding carboxylic acids is 16. The molecule has 0 saturated carbocycles. The predicted molar refractivity (Wildman–Crippen MR) is 488 cm³/mol. The van der Waals surface area contributed by atoms with Crippen molar-refractivity contribution in [1.82, 2.24) is 19.9 Å². The molecular weight excluding hydrogens is 1900 g/mol. The molecule has 0 unspecified atom stereocenters. The Morgan fingerprint density at radius 2 is 0.382 bits per heavy atom. The maximum absolute atomic E-state index is 13.0. The molecule has 0 radical (unpaired) electrons. The van der Waals surface area contributed by atoms with E-state index in [1.54, 1.807) is 97.1 Å². The summed E-state index contributed by atoms with van der Waals surface area (Å²) in [6.07, 6.45) is -30.0. The van der Waals surface area contributed by atoms with Gasteiger partial charge in [-0.1, -0.05) is 48.5 Å². The number of hydrogen-bond acceptors (Lipinski definition) is 42. The zero-order chi connectivity index (χ0) is 104. The van der Waals surface area contributed by atoms with E-state index in [4.69, 9.17) is 124 Å². The maximum Gasteiger partial charge on any atom is 0.303 e. The van der Waals surface area contributed by atoms with Gasteiger partial charge < -0.3 is 124 Å². The first-order valence-corrected chi connectivity index (χ1v) is 45.5. The molecule has 2 N–H and O–H groups in total. The normalized spacial score (nSPS) is 24.2. The highest BCUT2D eigenvalue weighted by molar-refractivity contribution is 5.93. The lowest BCUT2D eigenvalue weighted by Gasteiger charge is -2.43. The SMILES string of the molecule is CC(=O)OC[C@H]1O[C@@H](Oc2ccc(-c3c4nc(c(-c5ccc(O[C@@H]6O[C@H](COC(C)=O)[C@@H](OC(C)=O)[C@H](OC(C)=O)[C@H]6OC(C)=O)cc5)c5ccc([nH]5)c(-c5ccc(O[C@@H]6O[C@H](COC(C)=O)[C@@H](OC(C)=O)[C@H](OC(C)=O)[C@H]6OC(C)=O)cc5)c5nc(c(-c6ccc(O[C@@H]7O[C@H](COC(C)=O)[C@@H](OC(C)=O)[C@H](OC(C)=O)[C@H]7OC(C)=O)cc6)c6ccc3[nH]6)CC5)CC4)cc2)[C@H](OC(C)=O)[C@@H](OC(C)=O)[C@@H]1OC(C)=O. The summed E-state index contributed by atoms with van der Waals surface area (Å²) in [5.41, 5.74) is 8.04. The molecule has 4 aromatic carbocycles. The Kier molecular flexibility index (Phi) is 34.5. The highest BCUT2D eigenvalue weighted by Crippen LogP contribution is 2.44. The number of hydrogen-bond donors (Lipinski definition) is 2. The zero-order valence-corrected chi connectivity index (χ0v) is 81.0. The van der Waals surface area contributed by atoms with Crippen LogP contribution in [0.15, 0.2) is 121 Å². The molecule has 7 aromatic rings. The lowest BCUT2D eigenvalue weighted by atomic mass is 9.98. The number of aryl methyl sites for hydroxylation is 4. The van der Waals surface area contributed by atoms with E-state index in [-0.39, 0.29) is 48.7 Å². The van der Waals surface area contributed by atoms with Crippen molar-refractivity contribution in [1.29, 1.82) is 0 Å². The van der Waals surface area contributed by atoms with Gasteiger partial charge in [0.15, 0.2) is 48.8 Å². The largest absolute Gasteiger partial charge is 0.463 e. The van der Waals surface area contributed by atoms with Crippen LogP contribution in [0.1, 0.15) is 134 Å². The van der Waals surface area contributed by atoms with E-state index in [9.17, 15) is 76.7 Å². The van der Waals surface area contributed by atoms with Crippen LogP contribution < -0.4 is 18.9 Å². The fraction of sp³-hybridized carbons (Fsp3) is 0.440. The van der Waals surface area contributed by atoms with Gasteiger partial charge in [0.25, 0.3) is 0 Å². The minimum atomic E-state index is -1.65. The number of ether oxygens (including phenoxy) is 24. The lowest BCUT2D eigenvalue weighted by molar-refractivity contribution is -0.288. The molecule has 9 heterocycles. The second-order valence-electron chi connectivity index (χ2n) is 33.9. The number of nitrogens with one attached hydrogen (secondary N) is 2. The van der Waals surface area contributed by atoms with Gasteiger partial charge in [0, 0.05) is 155 Å². The number of esters is 16. The smallest absolute Gasteiger partial charge is 0.303 e. The monoisotopic (exact) mass is 2000 g/mol. The molecule has 4 saturated heterocycles. The predicted octanol–water partition coefficient (Wildman–Crippen LogP) is 8.40. The molecule has 20 atom stereocenters. The number of rotatable bonds is 32. The molecule has 0 spiro atoms. The molecule has 766 valence electrons. The minimum Gasteiger partial charge on any atom is -0.463 e. The van der Waals surface area contributed by atoms with Gasteiger partial charge in [-0.25, -0.2) is 0 Å². The first-order chi connectivity index (χ1) is 68.5. The van der Waals surface area contributed by atoms with Crippen LogP contribution >= 0.6 is 0 Å². The van der Waals surface area contributed by atoms with Crippen molar-refractivity contribution in [3.05, 3.63) is 144 Å². The van der Waals surface area contributed by atoms with Crippen LogP contribution in [0.3, 0.4) is 0 Å². The summed E-state index contributed by atoms with van der Waals surface area (Å²) in [5, 5.41) is 0. The number of carbonyl (C=O) groups is 16. The van der Waals surface area contributed by atoms with E-state index in [1.807, 2.05) is 24.3 Å². The number of fused-ring (bicyclic) bond motifs is 8. The molecule has 144 heavy (non-hydrogen) atoms. The summed E-state index contributed by atoms with van der Waals surface area (Å²) in [6, 6.07) is 33.7. The first-order valence-electron chi connectivity index (χ1n) is 45.5. The van der Waals surface area contributed by atoms with Crippen molar-refractivity contribution in [3.63, 3.8) is 0 Å². The molecule has 4 fully saturated rings. The number of nitrogens with zero attached hydrogens (tertiary/aromatic N) is 2. The summed E-state index contributed by atoms with van der Waals surface area (Å²) in [6.45, 7) is 15.3. The summed E-state index contributed by atoms with van der Waals surface area (Å²) in [5.74, 6) is -13.1. The first kappa shape index (κ1) is 106. The van der Waals surface area contributed by atoms with Gasteiger partial charge in [0.05, 0.1) is 22.8 Å². The van der Waals surface area contributed by atoms with Gasteiger partial charge in [0.1, 0.15) is 73.8 Å². The van der Waals surface area contributed by atoms with E-state index >= 15 is 0 Å². The van der Waals surface area contributed by atoms with Crippen LogP contribution in [-0.2, 0) is 197 Å². The fourth-order valence-electron chi connectivity index (χ4n) is 17.5. The molecule has 6 aliphatic heterocycles. The minimum absolute atomic E-state index is 0.0770. The van der Waals surface area contributed by atoms with Crippen molar-refractivity contribution < 1.29 is 190 Å². The Morgan fingerprint density at radius 3 is 0.542 bits per heavy atom. The van der Waals surface area contributed by atoms with Crippen molar-refractivity contribution in [2.75, 3.05) is 26.4 Å². The number of aromatic nitrogens is 4. The van der Waals surface area contributed by atoms with Gasteiger partial charge >= 0.3 is 95.5 Å². The molecule has 44 nitrogen and oxygen atoms in total. The van der Waals surface area contributed by atoms with Gasteiger partial charge in [-0.05, 0) is 121 Å². The lowest BCUT2D eigenvalue weighted by Crippen LogP contribution is -2.63. The van der Waals surface area contributed by atoms with Crippen LogP contribution in [0.4, 0.5) is 0 Å². The molecule has 13 rings (SSSR count). The van der Waals surface area contributed by atoms with Crippen molar-refractivity contribution in [3.8, 4) is 67.5 Å². The Morgan fingerprint density at radius 1 is 0.222 bits per heavy atom. The second-order valence-corrected chi connectivity index (χ2v) is 33.9. The van der Waals surface area contributed by atoms with Gasteiger partial charge in [-0.3, -0.25) is 86.7 Å². The van der Waals surface area contributed by atoms with Crippen LogP contribution in [-0.4, -0.2) is 265 Å². The van der Waals surface area contributed by atoms with E-state index in [0.29, 0.717) is 89.4 Å². The molecule has 3 aromatic heterocycles. The molecule has 0 amide bonds. The van der Waals surface area contributed by atoms with Crippen LogP contribution in [0.2, 0.25) is 0 Å². The topological polar surface area (TPSA) is 552 Å². The van der Waals surface area contributed by atoms with E-state index in [1.165, 1.54) is 0 Å². The Labute approximate surface area is 821 Å². The second kappa shape index (κ2) is 47.0. The third-order valence-corrected chi connectivity index (χ3v) is 22.7. The van der Waals surface area contributed by atoms with E-state index < -0.39 is 245 Å². The summed E-state index contributed by atoms with van der Waals surface area (Å²) < 4.78 is 141. The Bertz CT molecular complexity index is 5460. The average Bonchev–Trinajstić information content (AvgIpc) is 1.67. The number of H-pyrrole nitrogens is 2. The zero-order valence-electron chi connectivity index (χ0n) is 81.0. The number of aromatic amines is 2. The quantitative estimate of drug-likeness (QED) is 0.0295. The van der Waals surface area contributed by atoms with Crippen LogP contribution in [0, 0.1) is 0 Å². The van der Waals surface area contributed by atoms with Crippen LogP contribution in [0.25, 0.3) is 66.6 Å². The average molecular weight is 2000 g/mol. The Hall–Kier alpha value is -15.4. The summed E-state index contributed by atoms with van der Waals surface area (Å²) in [7, 11) is 0. The van der Waals surface area contributed by atoms with Gasteiger partial charge in [-0.2, -0.15) is 0 Å². The molecular formula is C100H106N4O40. The molecule has 6 aliphatic rings. The maximum atomic E-state index is 13.0. The Balaban J connectivity index is 1.02. The van der Waals surface area contributed by atoms with Gasteiger partial charge in [0.2, 0.25) is 49.6 Å². The summed E-state index contributed by atoms with van der Waals surface area (Å²) >= 11 is 0. The standard InChI is InChI=1S/C100H106N4O40/c1-45(105)121-41-77-85(125-49(5)109)89(129-53(9)113)93(133-57(13)117)97(141-77)137-65-25-17-61(18-26-65)81-69-33-35-71(101-69)82(62-19-27-66(28-20-62)138-98-94(134-58(14)118)90(130-54(10)114)86(126-50(6)110)78(142-98)42-122-46(2)106)73-37-39-75(103-73)84(64-23-31-68(32-24-64)140-100-96(136-60(16)120)92(132-56(12)116)88(128-52(8)112)80(144-100)44-124-48(4)108)76-40-38-74(104-76)83(72-36-34-70(81)102-72)63-21-29-67(30-22-63)139-99-95(135-59(15)119)91(131-55(11)115)87(127-51(7)111)79(143-99)43-123-47(3)107/h17-33,35,38,40,77-80,85-101,104H,34,36-37,39,41-44H2,1-16H3/t77-,78-,79-,80-,85-,86-,87-,88-,89+,90+,91+,92+,93-,94-,95-,96-,97-,98-,99-,100-/m1/s1. The van der Waals surface area contributed by atoms with E-state index in [0.717, 1.165) is 111 Å². The third kappa shape index (κ3) is 26.9.